The molecule has 0 unspecified atom stereocenters. The van der Waals surface area contributed by atoms with Gasteiger partial charge in [0.25, 0.3) is 0 Å². The smallest absolute Gasteiger partial charge is 0.141 e. The number of rotatable bonds is 7. The van der Waals surface area contributed by atoms with Crippen LogP contribution in [0.25, 0.3) is 10.8 Å². The Kier molecular flexibility index (Phi) is 6.56. The van der Waals surface area contributed by atoms with Gasteiger partial charge in [-0.3, -0.25) is 4.98 Å². The van der Waals surface area contributed by atoms with E-state index >= 15 is 4.39 Å². The highest BCUT2D eigenvalue weighted by molar-refractivity contribution is 5.84. The van der Waals surface area contributed by atoms with Crippen LogP contribution in [0.2, 0.25) is 0 Å². The third kappa shape index (κ3) is 4.84. The molecule has 2 nitrogen and oxygen atoms in total. The molecule has 0 amide bonds. The topological polar surface area (TPSA) is 36.7 Å². The van der Waals surface area contributed by atoms with E-state index in [1.165, 1.54) is 17.7 Å². The predicted octanol–water partition coefficient (Wildman–Crippen LogP) is 6.52. The molecule has 0 aliphatic heterocycles. The molecule has 0 saturated heterocycles. The SMILES string of the molecule is CCc1ccc(CCc2ccc3c(F)c(CCc4ccc(C#N)c(F)c4)ccc3c2)nc1. The maximum absolute atomic E-state index is 15.1. The van der Waals surface area contributed by atoms with Crippen molar-refractivity contribution in [3.05, 3.63) is 112 Å². The molecular weight excluding hydrogens is 402 g/mol. The van der Waals surface area contributed by atoms with Gasteiger partial charge >= 0.3 is 0 Å². The van der Waals surface area contributed by atoms with Gasteiger partial charge in [-0.1, -0.05) is 49.4 Å². The number of halogens is 2. The van der Waals surface area contributed by atoms with Crippen LogP contribution in [-0.2, 0) is 32.1 Å². The fourth-order valence-corrected chi connectivity index (χ4v) is 3.90. The Balaban J connectivity index is 1.45. The van der Waals surface area contributed by atoms with Crippen molar-refractivity contribution >= 4 is 10.8 Å². The molecule has 0 aliphatic carbocycles. The summed E-state index contributed by atoms with van der Waals surface area (Å²) in [5.74, 6) is -0.756. The first-order chi connectivity index (χ1) is 15.6. The normalized spacial score (nSPS) is 10.9. The molecule has 0 bridgehead atoms. The van der Waals surface area contributed by atoms with Gasteiger partial charge < -0.3 is 0 Å². The van der Waals surface area contributed by atoms with Crippen LogP contribution >= 0.6 is 0 Å². The number of aromatic nitrogens is 1. The monoisotopic (exact) mass is 426 g/mol. The summed E-state index contributed by atoms with van der Waals surface area (Å²) in [6, 6.07) is 20.2. The number of hydrogen-bond acceptors (Lipinski definition) is 2. The number of nitriles is 1. The van der Waals surface area contributed by atoms with Crippen molar-refractivity contribution in [2.75, 3.05) is 0 Å². The van der Waals surface area contributed by atoms with Crippen LogP contribution in [0.4, 0.5) is 8.78 Å². The van der Waals surface area contributed by atoms with E-state index < -0.39 is 5.82 Å². The van der Waals surface area contributed by atoms with Crippen LogP contribution in [0.5, 0.6) is 0 Å². The standard InChI is InChI=1S/C28H24F2N2/c1-2-19-5-12-25(32-18-19)13-6-20-7-14-26-23(15-20)11-10-22(28(26)30)8-3-21-4-9-24(17-31)27(29)16-21/h4-5,7,9-12,14-16,18H,2-3,6,8,13H2,1H3. The van der Waals surface area contributed by atoms with Gasteiger partial charge in [-0.2, -0.15) is 5.26 Å². The van der Waals surface area contributed by atoms with E-state index in [1.54, 1.807) is 6.07 Å². The van der Waals surface area contributed by atoms with Crippen LogP contribution in [0.3, 0.4) is 0 Å². The summed E-state index contributed by atoms with van der Waals surface area (Å²) in [5.41, 5.74) is 4.82. The second kappa shape index (κ2) is 9.70. The number of fused-ring (bicyclic) bond motifs is 1. The van der Waals surface area contributed by atoms with Gasteiger partial charge in [-0.15, -0.1) is 0 Å². The van der Waals surface area contributed by atoms with E-state index in [0.717, 1.165) is 41.5 Å². The maximum atomic E-state index is 15.1. The quantitative estimate of drug-likeness (QED) is 0.337. The number of nitrogens with zero attached hydrogens (tertiary/aromatic N) is 2. The van der Waals surface area contributed by atoms with Gasteiger partial charge in [-0.05, 0) is 77.9 Å². The van der Waals surface area contributed by atoms with Crippen molar-refractivity contribution in [2.45, 2.75) is 39.0 Å². The fourth-order valence-electron chi connectivity index (χ4n) is 3.90. The predicted molar refractivity (Wildman–Crippen MR) is 123 cm³/mol. The first-order valence-electron chi connectivity index (χ1n) is 10.9. The highest BCUT2D eigenvalue weighted by Gasteiger charge is 2.10. The number of hydrogen-bond donors (Lipinski definition) is 0. The number of pyridine rings is 1. The maximum Gasteiger partial charge on any atom is 0.141 e. The highest BCUT2D eigenvalue weighted by Crippen LogP contribution is 2.24. The minimum Gasteiger partial charge on any atom is -0.261 e. The van der Waals surface area contributed by atoms with Crippen LogP contribution in [0.15, 0.2) is 66.9 Å². The second-order valence-electron chi connectivity index (χ2n) is 8.03. The molecule has 0 atom stereocenters. The van der Waals surface area contributed by atoms with Crippen molar-refractivity contribution in [3.63, 3.8) is 0 Å². The lowest BCUT2D eigenvalue weighted by Gasteiger charge is -2.09. The van der Waals surface area contributed by atoms with Crippen molar-refractivity contribution in [3.8, 4) is 6.07 Å². The first-order valence-corrected chi connectivity index (χ1v) is 10.9. The Morgan fingerprint density at radius 3 is 2.28 bits per heavy atom. The summed E-state index contributed by atoms with van der Waals surface area (Å²) >= 11 is 0. The van der Waals surface area contributed by atoms with Gasteiger partial charge in [0.1, 0.15) is 17.7 Å². The van der Waals surface area contributed by atoms with Gasteiger partial charge in [0.15, 0.2) is 0 Å². The molecule has 0 radical (unpaired) electrons. The lowest BCUT2D eigenvalue weighted by Crippen LogP contribution is -1.98. The van der Waals surface area contributed by atoms with E-state index in [-0.39, 0.29) is 11.4 Å². The minimum absolute atomic E-state index is 0.0233. The Morgan fingerprint density at radius 1 is 0.812 bits per heavy atom. The van der Waals surface area contributed by atoms with Crippen LogP contribution in [0, 0.1) is 23.0 Å². The summed E-state index contributed by atoms with van der Waals surface area (Å²) in [5, 5.41) is 10.3. The molecule has 1 aromatic heterocycles. The highest BCUT2D eigenvalue weighted by atomic mass is 19.1. The minimum atomic E-state index is -0.534. The van der Waals surface area contributed by atoms with Crippen molar-refractivity contribution < 1.29 is 8.78 Å². The van der Waals surface area contributed by atoms with E-state index in [2.05, 4.69) is 24.0 Å². The average Bonchev–Trinajstić information content (AvgIpc) is 2.82. The summed E-state index contributed by atoms with van der Waals surface area (Å²) in [7, 11) is 0. The summed E-state index contributed by atoms with van der Waals surface area (Å²) in [4.78, 5) is 4.51. The largest absolute Gasteiger partial charge is 0.261 e. The molecule has 32 heavy (non-hydrogen) atoms. The molecule has 0 saturated carbocycles. The third-order valence-electron chi connectivity index (χ3n) is 5.90. The zero-order valence-corrected chi connectivity index (χ0v) is 18.0. The molecule has 0 aliphatic rings. The third-order valence-corrected chi connectivity index (χ3v) is 5.90. The summed E-state index contributed by atoms with van der Waals surface area (Å²) in [6.07, 6.45) is 5.58. The van der Waals surface area contributed by atoms with Crippen LogP contribution < -0.4 is 0 Å². The summed E-state index contributed by atoms with van der Waals surface area (Å²) < 4.78 is 28.9. The van der Waals surface area contributed by atoms with Gasteiger partial charge in [0.05, 0.1) is 5.56 Å². The number of benzene rings is 3. The molecule has 1 heterocycles. The first kappa shape index (κ1) is 21.6. The van der Waals surface area contributed by atoms with Crippen LogP contribution in [-0.4, -0.2) is 4.98 Å². The Hall–Kier alpha value is -3.58. The van der Waals surface area contributed by atoms with Crippen LogP contribution in [0.1, 0.15) is 40.4 Å². The zero-order valence-electron chi connectivity index (χ0n) is 18.0. The van der Waals surface area contributed by atoms with E-state index in [9.17, 15) is 4.39 Å². The van der Waals surface area contributed by atoms with Crippen molar-refractivity contribution in [2.24, 2.45) is 0 Å². The number of aryl methyl sites for hydroxylation is 5. The fraction of sp³-hybridized carbons (Fsp3) is 0.214. The van der Waals surface area contributed by atoms with Gasteiger partial charge in [0, 0.05) is 17.3 Å². The molecule has 160 valence electrons. The molecular formula is C28H24F2N2. The van der Waals surface area contributed by atoms with Crippen molar-refractivity contribution in [1.82, 2.24) is 4.98 Å². The van der Waals surface area contributed by atoms with E-state index in [0.29, 0.717) is 23.8 Å². The van der Waals surface area contributed by atoms with E-state index in [1.807, 2.05) is 42.6 Å². The van der Waals surface area contributed by atoms with E-state index in [4.69, 9.17) is 5.26 Å². The Bertz CT molecular complexity index is 1290. The lowest BCUT2D eigenvalue weighted by atomic mass is 9.97. The lowest BCUT2D eigenvalue weighted by molar-refractivity contribution is 0.616. The zero-order chi connectivity index (χ0) is 22.5. The molecule has 3 aromatic carbocycles. The average molecular weight is 427 g/mol. The Morgan fingerprint density at radius 2 is 1.56 bits per heavy atom. The molecule has 4 aromatic rings. The molecule has 0 fully saturated rings. The molecule has 0 N–H and O–H groups in total. The Labute approximate surface area is 187 Å². The summed E-state index contributed by atoms with van der Waals surface area (Å²) in [6.45, 7) is 2.11. The van der Waals surface area contributed by atoms with Gasteiger partial charge in [-0.25, -0.2) is 8.78 Å². The van der Waals surface area contributed by atoms with Gasteiger partial charge in [0.2, 0.25) is 0 Å². The van der Waals surface area contributed by atoms with Crippen molar-refractivity contribution in [1.29, 1.82) is 5.26 Å². The molecule has 0 spiro atoms. The second-order valence-corrected chi connectivity index (χ2v) is 8.03. The molecule has 4 heteroatoms. The molecule has 4 rings (SSSR count).